The summed E-state index contributed by atoms with van der Waals surface area (Å²) in [6.07, 6.45) is 3.52. The van der Waals surface area contributed by atoms with E-state index in [4.69, 9.17) is 11.5 Å². The first-order valence-electron chi connectivity index (χ1n) is 7.30. The zero-order valence-corrected chi connectivity index (χ0v) is 12.4. The molecule has 0 aliphatic carbocycles. The van der Waals surface area contributed by atoms with Crippen molar-refractivity contribution in [3.05, 3.63) is 48.0 Å². The summed E-state index contributed by atoms with van der Waals surface area (Å²) in [6.45, 7) is 4.53. The number of benzene rings is 2. The molecule has 2 nitrogen and oxygen atoms in total. The minimum absolute atomic E-state index is 0.746. The quantitative estimate of drug-likeness (QED) is 0.785. The number of hydrogen-bond donors (Lipinski definition) is 2. The van der Waals surface area contributed by atoms with Crippen LogP contribution < -0.4 is 11.5 Å². The third-order valence-corrected chi connectivity index (χ3v) is 3.58. The van der Waals surface area contributed by atoms with Gasteiger partial charge in [0.1, 0.15) is 0 Å². The van der Waals surface area contributed by atoms with Crippen LogP contribution in [0.1, 0.15) is 32.3 Å². The van der Waals surface area contributed by atoms with Gasteiger partial charge in [-0.1, -0.05) is 38.5 Å². The lowest BCUT2D eigenvalue weighted by molar-refractivity contribution is 0.556. The van der Waals surface area contributed by atoms with Crippen molar-refractivity contribution in [3.8, 4) is 11.1 Å². The molecule has 20 heavy (non-hydrogen) atoms. The monoisotopic (exact) mass is 268 g/mol. The van der Waals surface area contributed by atoms with Crippen LogP contribution in [0.5, 0.6) is 0 Å². The number of anilines is 2. The van der Waals surface area contributed by atoms with E-state index >= 15 is 0 Å². The molecule has 0 saturated carbocycles. The summed E-state index contributed by atoms with van der Waals surface area (Å²) >= 11 is 0. The second kappa shape index (κ2) is 6.47. The standard InChI is InChI=1S/C18H24N2/c1-13(2)4-3-5-15-12-17(20)10-11-18(15)14-6-8-16(19)9-7-14/h6-13H,3-5,19-20H2,1-2H3. The molecule has 0 unspecified atom stereocenters. The maximum atomic E-state index is 5.94. The van der Waals surface area contributed by atoms with Crippen molar-refractivity contribution in [2.24, 2.45) is 5.92 Å². The first-order chi connectivity index (χ1) is 9.56. The molecule has 0 atom stereocenters. The molecule has 2 rings (SSSR count). The zero-order chi connectivity index (χ0) is 14.5. The lowest BCUT2D eigenvalue weighted by Crippen LogP contribution is -1.96. The molecule has 0 fully saturated rings. The van der Waals surface area contributed by atoms with Gasteiger partial charge in [0.05, 0.1) is 0 Å². The van der Waals surface area contributed by atoms with Crippen LogP contribution in [-0.4, -0.2) is 0 Å². The maximum absolute atomic E-state index is 5.94. The fraction of sp³-hybridized carbons (Fsp3) is 0.333. The Labute approximate surface area is 121 Å². The van der Waals surface area contributed by atoms with Crippen molar-refractivity contribution >= 4 is 11.4 Å². The van der Waals surface area contributed by atoms with E-state index in [9.17, 15) is 0 Å². The highest BCUT2D eigenvalue weighted by atomic mass is 14.5. The van der Waals surface area contributed by atoms with E-state index in [2.05, 4.69) is 38.1 Å². The zero-order valence-electron chi connectivity index (χ0n) is 12.4. The SMILES string of the molecule is CC(C)CCCc1cc(N)ccc1-c1ccc(N)cc1. The first kappa shape index (κ1) is 14.4. The van der Waals surface area contributed by atoms with E-state index in [0.29, 0.717) is 0 Å². The Morgan fingerprint density at radius 1 is 0.900 bits per heavy atom. The van der Waals surface area contributed by atoms with E-state index in [1.165, 1.54) is 29.5 Å². The predicted octanol–water partition coefficient (Wildman–Crippen LogP) is 4.50. The lowest BCUT2D eigenvalue weighted by atomic mass is 9.94. The van der Waals surface area contributed by atoms with Crippen molar-refractivity contribution in [3.63, 3.8) is 0 Å². The van der Waals surface area contributed by atoms with Crippen LogP contribution >= 0.6 is 0 Å². The molecule has 0 aromatic heterocycles. The van der Waals surface area contributed by atoms with Gasteiger partial charge < -0.3 is 11.5 Å². The minimum atomic E-state index is 0.746. The Balaban J connectivity index is 2.25. The molecule has 0 spiro atoms. The molecular formula is C18H24N2. The van der Waals surface area contributed by atoms with Gasteiger partial charge in [0.15, 0.2) is 0 Å². The average molecular weight is 268 g/mol. The van der Waals surface area contributed by atoms with E-state index in [0.717, 1.165) is 23.7 Å². The summed E-state index contributed by atoms with van der Waals surface area (Å²) in [5.41, 5.74) is 17.1. The summed E-state index contributed by atoms with van der Waals surface area (Å²) in [4.78, 5) is 0. The van der Waals surface area contributed by atoms with Crippen molar-refractivity contribution in [1.82, 2.24) is 0 Å². The van der Waals surface area contributed by atoms with Crippen LogP contribution in [-0.2, 0) is 6.42 Å². The van der Waals surface area contributed by atoms with Gasteiger partial charge in [0, 0.05) is 11.4 Å². The van der Waals surface area contributed by atoms with Crippen molar-refractivity contribution < 1.29 is 0 Å². The van der Waals surface area contributed by atoms with Crippen molar-refractivity contribution in [2.45, 2.75) is 33.1 Å². The number of nitrogens with two attached hydrogens (primary N) is 2. The van der Waals surface area contributed by atoms with Gasteiger partial charge in [0.25, 0.3) is 0 Å². The van der Waals surface area contributed by atoms with Crippen molar-refractivity contribution in [1.29, 1.82) is 0 Å². The van der Waals surface area contributed by atoms with Gasteiger partial charge in [-0.25, -0.2) is 0 Å². The van der Waals surface area contributed by atoms with Gasteiger partial charge in [0.2, 0.25) is 0 Å². The number of rotatable bonds is 5. The van der Waals surface area contributed by atoms with Crippen LogP contribution in [0, 0.1) is 5.92 Å². The van der Waals surface area contributed by atoms with E-state index < -0.39 is 0 Å². The van der Waals surface area contributed by atoms with E-state index in [-0.39, 0.29) is 0 Å². The van der Waals surface area contributed by atoms with Crippen LogP contribution in [0.2, 0.25) is 0 Å². The molecule has 0 aliphatic heterocycles. The van der Waals surface area contributed by atoms with Gasteiger partial charge >= 0.3 is 0 Å². The third-order valence-electron chi connectivity index (χ3n) is 3.58. The molecule has 2 aromatic rings. The normalized spacial score (nSPS) is 10.9. The highest BCUT2D eigenvalue weighted by molar-refractivity contribution is 5.71. The van der Waals surface area contributed by atoms with Gasteiger partial charge in [-0.2, -0.15) is 0 Å². The van der Waals surface area contributed by atoms with Crippen LogP contribution in [0.3, 0.4) is 0 Å². The smallest absolute Gasteiger partial charge is 0.0317 e. The van der Waals surface area contributed by atoms with Gasteiger partial charge in [-0.15, -0.1) is 0 Å². The summed E-state index contributed by atoms with van der Waals surface area (Å²) in [5.74, 6) is 0.746. The third kappa shape index (κ3) is 3.77. The highest BCUT2D eigenvalue weighted by Gasteiger charge is 2.06. The molecule has 106 valence electrons. The molecule has 0 aliphatic rings. The Hall–Kier alpha value is -1.96. The molecule has 0 heterocycles. The molecule has 2 heteroatoms. The fourth-order valence-corrected chi connectivity index (χ4v) is 2.47. The fourth-order valence-electron chi connectivity index (χ4n) is 2.47. The highest BCUT2D eigenvalue weighted by Crippen LogP contribution is 2.28. The van der Waals surface area contributed by atoms with Crippen LogP contribution in [0.15, 0.2) is 42.5 Å². The Kier molecular flexibility index (Phi) is 4.67. The maximum Gasteiger partial charge on any atom is 0.0317 e. The molecule has 0 amide bonds. The Morgan fingerprint density at radius 3 is 2.20 bits per heavy atom. The molecule has 4 N–H and O–H groups in total. The number of aryl methyl sites for hydroxylation is 1. The molecular weight excluding hydrogens is 244 g/mol. The van der Waals surface area contributed by atoms with Crippen LogP contribution in [0.4, 0.5) is 11.4 Å². The van der Waals surface area contributed by atoms with E-state index in [1.807, 2.05) is 18.2 Å². The number of hydrogen-bond acceptors (Lipinski definition) is 2. The van der Waals surface area contributed by atoms with Crippen LogP contribution in [0.25, 0.3) is 11.1 Å². The van der Waals surface area contributed by atoms with Crippen molar-refractivity contribution in [2.75, 3.05) is 11.5 Å². The molecule has 2 aromatic carbocycles. The summed E-state index contributed by atoms with van der Waals surface area (Å²) in [6, 6.07) is 14.2. The second-order valence-electron chi connectivity index (χ2n) is 5.82. The summed E-state index contributed by atoms with van der Waals surface area (Å²) in [7, 11) is 0. The first-order valence-corrected chi connectivity index (χ1v) is 7.30. The second-order valence-corrected chi connectivity index (χ2v) is 5.82. The van der Waals surface area contributed by atoms with Gasteiger partial charge in [-0.3, -0.25) is 0 Å². The largest absolute Gasteiger partial charge is 0.399 e. The molecule has 0 bridgehead atoms. The van der Waals surface area contributed by atoms with Gasteiger partial charge in [-0.05, 0) is 59.7 Å². The molecule has 0 radical (unpaired) electrons. The van der Waals surface area contributed by atoms with E-state index in [1.54, 1.807) is 0 Å². The summed E-state index contributed by atoms with van der Waals surface area (Å²) < 4.78 is 0. The summed E-state index contributed by atoms with van der Waals surface area (Å²) in [5, 5.41) is 0. The molecule has 0 saturated heterocycles. The minimum Gasteiger partial charge on any atom is -0.399 e. The number of nitrogen functional groups attached to an aromatic ring is 2. The topological polar surface area (TPSA) is 52.0 Å². The Morgan fingerprint density at radius 2 is 1.55 bits per heavy atom. The average Bonchev–Trinajstić information content (AvgIpc) is 2.40. The lowest BCUT2D eigenvalue weighted by Gasteiger charge is -2.12. The predicted molar refractivity (Wildman–Crippen MR) is 88.5 cm³/mol. The Bertz CT molecular complexity index is 556.